The number of hydrogen-bond donors (Lipinski definition) is 1. The minimum absolute atomic E-state index is 0.0109. The van der Waals surface area contributed by atoms with E-state index in [1.165, 1.54) is 16.4 Å². The zero-order valence-electron chi connectivity index (χ0n) is 17.8. The maximum Gasteiger partial charge on any atom is 0.252 e. The molecule has 0 saturated heterocycles. The number of nitrogens with one attached hydrogen (secondary N) is 1. The topological polar surface area (TPSA) is 70.2 Å². The first kappa shape index (κ1) is 21.7. The molecule has 0 atom stereocenters. The number of pyridine rings is 1. The fourth-order valence-corrected chi connectivity index (χ4v) is 6.09. The number of aromatic amines is 1. The van der Waals surface area contributed by atoms with Crippen LogP contribution in [0, 0.1) is 19.7 Å². The SMILES string of the molecule is Cc1ccc(C)c2[nH]c(=O)c(CN(C3CCCCC3)S(=O)(=O)c3ccc(F)cc3)cc12. The normalized spacial score (nSPS) is 15.6. The summed E-state index contributed by atoms with van der Waals surface area (Å²) in [5.74, 6) is -0.486. The highest BCUT2D eigenvalue weighted by Gasteiger charge is 2.33. The Morgan fingerprint density at radius 2 is 1.65 bits per heavy atom. The van der Waals surface area contributed by atoms with Crippen LogP contribution in [0.3, 0.4) is 0 Å². The van der Waals surface area contributed by atoms with Gasteiger partial charge >= 0.3 is 0 Å². The van der Waals surface area contributed by atoms with Gasteiger partial charge < -0.3 is 4.98 Å². The Balaban J connectivity index is 1.80. The van der Waals surface area contributed by atoms with Gasteiger partial charge in [0.15, 0.2) is 0 Å². The van der Waals surface area contributed by atoms with E-state index in [0.717, 1.165) is 66.3 Å². The standard InChI is InChI=1S/C24H27FN2O3S/c1-16-8-9-17(2)23-22(16)14-18(24(28)26-23)15-27(20-6-4-3-5-7-20)31(29,30)21-12-10-19(25)11-13-21/h8-14,20H,3-7,15H2,1-2H3,(H,26,28). The summed E-state index contributed by atoms with van der Waals surface area (Å²) in [7, 11) is -3.89. The molecule has 0 aliphatic heterocycles. The lowest BCUT2D eigenvalue weighted by Gasteiger charge is -2.33. The fraction of sp³-hybridized carbons (Fsp3) is 0.375. The predicted octanol–water partition coefficient (Wildman–Crippen LogP) is 4.81. The Morgan fingerprint density at radius 3 is 2.32 bits per heavy atom. The molecule has 0 radical (unpaired) electrons. The summed E-state index contributed by atoms with van der Waals surface area (Å²) in [6.07, 6.45) is 4.49. The van der Waals surface area contributed by atoms with Crippen molar-refractivity contribution in [3.8, 4) is 0 Å². The Kier molecular flexibility index (Phi) is 5.99. The van der Waals surface area contributed by atoms with E-state index in [2.05, 4.69) is 4.98 Å². The van der Waals surface area contributed by atoms with Crippen LogP contribution in [0.15, 0.2) is 52.2 Å². The molecule has 7 heteroatoms. The van der Waals surface area contributed by atoms with Crippen molar-refractivity contribution >= 4 is 20.9 Å². The number of rotatable bonds is 5. The third kappa shape index (κ3) is 4.29. The van der Waals surface area contributed by atoms with Gasteiger partial charge in [0, 0.05) is 23.5 Å². The third-order valence-corrected chi connectivity index (χ3v) is 8.16. The number of benzene rings is 2. The molecule has 1 heterocycles. The van der Waals surface area contributed by atoms with Gasteiger partial charge in [-0.3, -0.25) is 4.79 Å². The second kappa shape index (κ2) is 8.55. The van der Waals surface area contributed by atoms with Gasteiger partial charge in [-0.1, -0.05) is 31.4 Å². The lowest BCUT2D eigenvalue weighted by atomic mass is 9.95. The van der Waals surface area contributed by atoms with Crippen molar-refractivity contribution in [2.45, 2.75) is 63.4 Å². The zero-order chi connectivity index (χ0) is 22.2. The van der Waals surface area contributed by atoms with Crippen molar-refractivity contribution in [3.05, 3.63) is 75.3 Å². The molecule has 0 bridgehead atoms. The molecule has 1 aromatic heterocycles. The minimum atomic E-state index is -3.89. The van der Waals surface area contributed by atoms with Gasteiger partial charge in [0.1, 0.15) is 5.82 Å². The zero-order valence-corrected chi connectivity index (χ0v) is 18.6. The maximum absolute atomic E-state index is 13.5. The van der Waals surface area contributed by atoms with Crippen LogP contribution in [0.25, 0.3) is 10.9 Å². The second-order valence-corrected chi connectivity index (χ2v) is 10.3. The first-order chi connectivity index (χ1) is 14.8. The molecule has 0 spiro atoms. The van der Waals surface area contributed by atoms with Crippen LogP contribution in [0.5, 0.6) is 0 Å². The monoisotopic (exact) mass is 442 g/mol. The van der Waals surface area contributed by atoms with E-state index in [9.17, 15) is 17.6 Å². The van der Waals surface area contributed by atoms with Gasteiger partial charge in [-0.25, -0.2) is 12.8 Å². The highest BCUT2D eigenvalue weighted by molar-refractivity contribution is 7.89. The van der Waals surface area contributed by atoms with Crippen molar-refractivity contribution in [2.75, 3.05) is 0 Å². The summed E-state index contributed by atoms with van der Waals surface area (Å²) in [6.45, 7) is 3.89. The largest absolute Gasteiger partial charge is 0.321 e. The molecule has 5 nitrogen and oxygen atoms in total. The number of nitrogens with zero attached hydrogens (tertiary/aromatic N) is 1. The number of fused-ring (bicyclic) bond motifs is 1. The lowest BCUT2D eigenvalue weighted by Crippen LogP contribution is -2.42. The Hall–Kier alpha value is -2.51. The van der Waals surface area contributed by atoms with Crippen molar-refractivity contribution in [2.24, 2.45) is 0 Å². The molecule has 31 heavy (non-hydrogen) atoms. The highest BCUT2D eigenvalue weighted by atomic mass is 32.2. The Labute approximate surface area is 182 Å². The van der Waals surface area contributed by atoms with Gasteiger partial charge in [0.2, 0.25) is 10.0 Å². The molecule has 0 amide bonds. The smallest absolute Gasteiger partial charge is 0.252 e. The molecule has 1 aliphatic carbocycles. The van der Waals surface area contributed by atoms with E-state index in [1.807, 2.05) is 32.0 Å². The summed E-state index contributed by atoms with van der Waals surface area (Å²) in [4.78, 5) is 15.9. The van der Waals surface area contributed by atoms with Crippen molar-refractivity contribution in [3.63, 3.8) is 0 Å². The van der Waals surface area contributed by atoms with Gasteiger partial charge in [-0.15, -0.1) is 0 Å². The number of sulfonamides is 1. The van der Waals surface area contributed by atoms with Crippen LogP contribution in [0.1, 0.15) is 48.8 Å². The molecule has 0 unspecified atom stereocenters. The third-order valence-electron chi connectivity index (χ3n) is 6.25. The van der Waals surface area contributed by atoms with Crippen LogP contribution >= 0.6 is 0 Å². The number of aryl methyl sites for hydroxylation is 2. The van der Waals surface area contributed by atoms with E-state index in [-0.39, 0.29) is 23.0 Å². The van der Waals surface area contributed by atoms with Crippen molar-refractivity contribution < 1.29 is 12.8 Å². The van der Waals surface area contributed by atoms with Crippen molar-refractivity contribution in [1.82, 2.24) is 9.29 Å². The molecule has 3 aromatic rings. The lowest BCUT2D eigenvalue weighted by molar-refractivity contribution is 0.247. The first-order valence-electron chi connectivity index (χ1n) is 10.7. The molecule has 1 N–H and O–H groups in total. The van der Waals surface area contributed by atoms with E-state index in [1.54, 1.807) is 0 Å². The highest BCUT2D eigenvalue weighted by Crippen LogP contribution is 2.30. The summed E-state index contributed by atoms with van der Waals surface area (Å²) in [5, 5.41) is 0.914. The molecule has 4 rings (SSSR count). The average Bonchev–Trinajstić information content (AvgIpc) is 2.76. The van der Waals surface area contributed by atoms with Crippen LogP contribution < -0.4 is 5.56 Å². The Morgan fingerprint density at radius 1 is 1.00 bits per heavy atom. The Bertz CT molecular complexity index is 1260. The van der Waals surface area contributed by atoms with E-state index in [0.29, 0.717) is 5.56 Å². The van der Waals surface area contributed by atoms with Gasteiger partial charge in [-0.05, 0) is 68.1 Å². The van der Waals surface area contributed by atoms with Crippen LogP contribution in [-0.4, -0.2) is 23.7 Å². The molecular weight excluding hydrogens is 415 g/mol. The van der Waals surface area contributed by atoms with Gasteiger partial charge in [0.05, 0.1) is 10.4 Å². The minimum Gasteiger partial charge on any atom is -0.321 e. The second-order valence-electron chi connectivity index (χ2n) is 8.41. The number of halogens is 1. The number of H-pyrrole nitrogens is 1. The number of aromatic nitrogens is 1. The summed E-state index contributed by atoms with van der Waals surface area (Å²) < 4.78 is 41.9. The summed E-state index contributed by atoms with van der Waals surface area (Å²) in [5.41, 5.74) is 2.89. The predicted molar refractivity (Wildman–Crippen MR) is 120 cm³/mol. The first-order valence-corrected chi connectivity index (χ1v) is 12.1. The molecule has 2 aromatic carbocycles. The van der Waals surface area contributed by atoms with Crippen LogP contribution in [0.4, 0.5) is 4.39 Å². The van der Waals surface area contributed by atoms with Crippen LogP contribution in [0.2, 0.25) is 0 Å². The molecule has 1 fully saturated rings. The fourth-order valence-electron chi connectivity index (χ4n) is 4.42. The van der Waals surface area contributed by atoms with E-state index >= 15 is 0 Å². The molecule has 1 saturated carbocycles. The van der Waals surface area contributed by atoms with Crippen molar-refractivity contribution in [1.29, 1.82) is 0 Å². The molecular formula is C24H27FN2O3S. The van der Waals surface area contributed by atoms with E-state index < -0.39 is 15.8 Å². The van der Waals surface area contributed by atoms with Gasteiger partial charge in [0.25, 0.3) is 5.56 Å². The molecule has 164 valence electrons. The van der Waals surface area contributed by atoms with Gasteiger partial charge in [-0.2, -0.15) is 4.31 Å². The average molecular weight is 443 g/mol. The quantitative estimate of drug-likeness (QED) is 0.617. The summed E-state index contributed by atoms with van der Waals surface area (Å²) in [6, 6.07) is 10.5. The van der Waals surface area contributed by atoms with Crippen LogP contribution in [-0.2, 0) is 16.6 Å². The number of hydrogen-bond acceptors (Lipinski definition) is 3. The maximum atomic E-state index is 13.5. The van der Waals surface area contributed by atoms with E-state index in [4.69, 9.17) is 0 Å². The molecule has 1 aliphatic rings. The summed E-state index contributed by atoms with van der Waals surface area (Å²) >= 11 is 0.